The number of hydrogen-bond donors (Lipinski definition) is 0. The summed E-state index contributed by atoms with van der Waals surface area (Å²) < 4.78 is 6.70. The number of fused-ring (bicyclic) bond motifs is 10. The lowest BCUT2D eigenvalue weighted by atomic mass is 9.70. The molecular formula is C56H42N2O. The quantitative estimate of drug-likeness (QED) is 0.178. The molecule has 0 amide bonds. The van der Waals surface area contributed by atoms with Crippen LogP contribution in [0.25, 0.3) is 43.8 Å². The molecule has 0 unspecified atom stereocenters. The maximum absolute atomic E-state index is 6.70. The third-order valence-corrected chi connectivity index (χ3v) is 13.4. The molecule has 0 saturated heterocycles. The van der Waals surface area contributed by atoms with E-state index in [0.717, 1.165) is 39.9 Å². The number of benzene rings is 9. The summed E-state index contributed by atoms with van der Waals surface area (Å²) in [5.74, 6) is 1.77. The Labute approximate surface area is 345 Å². The zero-order chi connectivity index (χ0) is 39.6. The summed E-state index contributed by atoms with van der Waals surface area (Å²) in [5, 5.41) is 4.82. The number of rotatable bonds is 4. The molecule has 282 valence electrons. The molecule has 0 fully saturated rings. The van der Waals surface area contributed by atoms with Crippen LogP contribution in [-0.2, 0) is 10.8 Å². The Morgan fingerprint density at radius 2 is 1.07 bits per heavy atom. The highest BCUT2D eigenvalue weighted by molar-refractivity contribution is 6.07. The molecule has 3 aliphatic rings. The predicted octanol–water partition coefficient (Wildman–Crippen LogP) is 15.7. The van der Waals surface area contributed by atoms with Crippen LogP contribution in [-0.4, -0.2) is 0 Å². The van der Waals surface area contributed by atoms with Gasteiger partial charge in [-0.2, -0.15) is 0 Å². The molecule has 0 N–H and O–H groups in total. The van der Waals surface area contributed by atoms with Gasteiger partial charge >= 0.3 is 0 Å². The zero-order valence-electron chi connectivity index (χ0n) is 33.6. The molecule has 0 atom stereocenters. The Hall–Kier alpha value is -7.10. The van der Waals surface area contributed by atoms with E-state index in [1.54, 1.807) is 0 Å². The predicted molar refractivity (Wildman–Crippen MR) is 246 cm³/mol. The lowest BCUT2D eigenvalue weighted by Gasteiger charge is -2.46. The smallest absolute Gasteiger partial charge is 0.152 e. The second-order valence-corrected chi connectivity index (χ2v) is 17.3. The van der Waals surface area contributed by atoms with Crippen molar-refractivity contribution < 1.29 is 4.74 Å². The molecule has 1 aliphatic carbocycles. The second-order valence-electron chi connectivity index (χ2n) is 17.3. The number of hydrogen-bond acceptors (Lipinski definition) is 3. The molecule has 0 saturated carbocycles. The molecule has 0 radical (unpaired) electrons. The van der Waals surface area contributed by atoms with Gasteiger partial charge in [0.25, 0.3) is 0 Å². The molecule has 2 aliphatic heterocycles. The van der Waals surface area contributed by atoms with Crippen LogP contribution < -0.4 is 14.5 Å². The fourth-order valence-electron chi connectivity index (χ4n) is 10.6. The number of nitrogens with zero attached hydrogens (tertiary/aromatic N) is 2. The van der Waals surface area contributed by atoms with E-state index >= 15 is 0 Å². The first-order chi connectivity index (χ1) is 28.8. The highest BCUT2D eigenvalue weighted by Gasteiger charge is 2.43. The lowest BCUT2D eigenvalue weighted by molar-refractivity contribution is 0.472. The molecule has 9 aromatic carbocycles. The van der Waals surface area contributed by atoms with Crippen LogP contribution in [0.2, 0.25) is 0 Å². The van der Waals surface area contributed by atoms with Crippen molar-refractivity contribution in [3.05, 3.63) is 204 Å². The maximum Gasteiger partial charge on any atom is 0.152 e. The molecule has 2 heterocycles. The fraction of sp³-hybridized carbons (Fsp3) is 0.107. The van der Waals surface area contributed by atoms with Gasteiger partial charge in [-0.05, 0) is 104 Å². The Morgan fingerprint density at radius 1 is 0.441 bits per heavy atom. The van der Waals surface area contributed by atoms with Crippen LogP contribution in [0.5, 0.6) is 11.5 Å². The zero-order valence-corrected chi connectivity index (χ0v) is 33.6. The highest BCUT2D eigenvalue weighted by Crippen LogP contribution is 2.62. The summed E-state index contributed by atoms with van der Waals surface area (Å²) in [6.45, 7) is 9.45. The van der Waals surface area contributed by atoms with Gasteiger partial charge in [0.2, 0.25) is 0 Å². The van der Waals surface area contributed by atoms with Gasteiger partial charge in [0.1, 0.15) is 0 Å². The molecule has 12 rings (SSSR count). The first-order valence-electron chi connectivity index (χ1n) is 20.7. The first-order valence-corrected chi connectivity index (χ1v) is 20.7. The van der Waals surface area contributed by atoms with Gasteiger partial charge < -0.3 is 14.5 Å². The summed E-state index contributed by atoms with van der Waals surface area (Å²) in [6.07, 6.45) is 0. The summed E-state index contributed by atoms with van der Waals surface area (Å²) in [6, 6.07) is 66.9. The minimum absolute atomic E-state index is 0.109. The largest absolute Gasteiger partial charge is 0.453 e. The SMILES string of the molecule is CC1(C)c2ccccc2-c2ccc(N(c3ccc(-c4cccc5c4C(C)(C)c4cccc6c4N5c4c(ccc5ccccc45)O6)cc3)c3cccc4ccccc34)cc21. The fourth-order valence-corrected chi connectivity index (χ4v) is 10.6. The van der Waals surface area contributed by atoms with E-state index in [0.29, 0.717) is 0 Å². The monoisotopic (exact) mass is 758 g/mol. The second kappa shape index (κ2) is 12.2. The van der Waals surface area contributed by atoms with Crippen LogP contribution in [0.15, 0.2) is 182 Å². The minimum atomic E-state index is -0.304. The Balaban J connectivity index is 1.03. The summed E-state index contributed by atoms with van der Waals surface area (Å²) in [7, 11) is 0. The van der Waals surface area contributed by atoms with Gasteiger partial charge in [-0.25, -0.2) is 0 Å². The van der Waals surface area contributed by atoms with Crippen LogP contribution in [0, 0.1) is 0 Å². The van der Waals surface area contributed by atoms with Gasteiger partial charge in [-0.15, -0.1) is 0 Å². The Kier molecular flexibility index (Phi) is 7.03. The summed E-state index contributed by atoms with van der Waals surface area (Å²) in [5.41, 5.74) is 16.8. The lowest BCUT2D eigenvalue weighted by Crippen LogP contribution is -2.33. The average molecular weight is 759 g/mol. The molecule has 9 aromatic rings. The molecule has 3 nitrogen and oxygen atoms in total. The van der Waals surface area contributed by atoms with Crippen molar-refractivity contribution in [1.82, 2.24) is 0 Å². The van der Waals surface area contributed by atoms with Crippen molar-refractivity contribution in [2.45, 2.75) is 38.5 Å². The highest BCUT2D eigenvalue weighted by atomic mass is 16.5. The third-order valence-electron chi connectivity index (χ3n) is 13.4. The topological polar surface area (TPSA) is 15.7 Å². The molecule has 59 heavy (non-hydrogen) atoms. The van der Waals surface area contributed by atoms with Crippen LogP contribution in [0.4, 0.5) is 34.1 Å². The summed E-state index contributed by atoms with van der Waals surface area (Å²) in [4.78, 5) is 4.92. The van der Waals surface area contributed by atoms with Crippen molar-refractivity contribution in [2.24, 2.45) is 0 Å². The van der Waals surface area contributed by atoms with E-state index in [9.17, 15) is 0 Å². The van der Waals surface area contributed by atoms with Crippen molar-refractivity contribution in [1.29, 1.82) is 0 Å². The van der Waals surface area contributed by atoms with Gasteiger partial charge in [0, 0.05) is 33.0 Å². The molecule has 0 spiro atoms. The van der Waals surface area contributed by atoms with Crippen molar-refractivity contribution in [3.8, 4) is 33.8 Å². The normalized spacial score (nSPS) is 14.8. The van der Waals surface area contributed by atoms with Crippen molar-refractivity contribution >= 4 is 55.7 Å². The van der Waals surface area contributed by atoms with Crippen LogP contribution >= 0.6 is 0 Å². The first kappa shape index (κ1) is 34.0. The average Bonchev–Trinajstić information content (AvgIpc) is 3.50. The van der Waals surface area contributed by atoms with Crippen molar-refractivity contribution in [2.75, 3.05) is 9.80 Å². The summed E-state index contributed by atoms with van der Waals surface area (Å²) >= 11 is 0. The van der Waals surface area contributed by atoms with E-state index in [1.165, 1.54) is 71.7 Å². The molecule has 3 heteroatoms. The Morgan fingerprint density at radius 3 is 1.92 bits per heavy atom. The van der Waals surface area contributed by atoms with Gasteiger partial charge in [0.15, 0.2) is 11.5 Å². The van der Waals surface area contributed by atoms with Crippen molar-refractivity contribution in [3.63, 3.8) is 0 Å². The van der Waals surface area contributed by atoms with E-state index in [2.05, 4.69) is 219 Å². The standard InChI is InChI=1S/C56H42N2O/c1-55(2)45-21-10-9-19-43(45)44-32-31-39(34-47(44)55)57(48-23-11-16-35-14-5-7-17-40(35)48)38-29-26-37(27-30-38)41-20-12-24-49-52(41)56(3,4)46-22-13-25-50-54(46)58(49)53-42-18-8-6-15-36(42)28-33-51(53)59-50/h5-34H,1-4H3. The Bertz CT molecular complexity index is 3200. The minimum Gasteiger partial charge on any atom is -0.453 e. The van der Waals surface area contributed by atoms with Crippen LogP contribution in [0.1, 0.15) is 49.9 Å². The van der Waals surface area contributed by atoms with E-state index in [1.807, 2.05) is 0 Å². The van der Waals surface area contributed by atoms with E-state index < -0.39 is 0 Å². The van der Waals surface area contributed by atoms with Gasteiger partial charge in [-0.1, -0.05) is 161 Å². The maximum atomic E-state index is 6.70. The van der Waals surface area contributed by atoms with Gasteiger partial charge in [0.05, 0.1) is 22.7 Å². The third kappa shape index (κ3) is 4.76. The number of anilines is 6. The van der Waals surface area contributed by atoms with Crippen LogP contribution in [0.3, 0.4) is 0 Å². The van der Waals surface area contributed by atoms with E-state index in [-0.39, 0.29) is 10.8 Å². The molecule has 0 bridgehead atoms. The van der Waals surface area contributed by atoms with E-state index in [4.69, 9.17) is 4.74 Å². The number of para-hydroxylation sites is 1. The number of ether oxygens (including phenoxy) is 1. The molecule has 0 aromatic heterocycles. The molecular weight excluding hydrogens is 717 g/mol. The van der Waals surface area contributed by atoms with Gasteiger partial charge in [-0.3, -0.25) is 0 Å².